The third kappa shape index (κ3) is 2.53. The molecule has 1 heterocycles. The number of sulfone groups is 1. The van der Waals surface area contributed by atoms with E-state index >= 15 is 0 Å². The maximum absolute atomic E-state index is 13.8. The minimum absolute atomic E-state index is 0.0296. The van der Waals surface area contributed by atoms with Crippen LogP contribution in [0.5, 0.6) is 0 Å². The van der Waals surface area contributed by atoms with Crippen molar-refractivity contribution < 1.29 is 17.6 Å². The lowest BCUT2D eigenvalue weighted by atomic mass is 10.1. The molecule has 1 aromatic carbocycles. The molecule has 0 aromatic heterocycles. The molecular weight excluding hydrogens is 257 g/mol. The lowest BCUT2D eigenvalue weighted by Crippen LogP contribution is -2.47. The summed E-state index contributed by atoms with van der Waals surface area (Å²) >= 11 is 0. The molecule has 1 saturated heterocycles. The van der Waals surface area contributed by atoms with E-state index in [9.17, 15) is 17.6 Å². The Morgan fingerprint density at radius 2 is 2.17 bits per heavy atom. The molecule has 1 fully saturated rings. The molecule has 1 aromatic rings. The van der Waals surface area contributed by atoms with E-state index in [1.54, 1.807) is 11.8 Å². The van der Waals surface area contributed by atoms with E-state index in [1.807, 2.05) is 0 Å². The zero-order chi connectivity index (χ0) is 13.3. The fraction of sp³-hybridized carbons (Fsp3) is 0.417. The van der Waals surface area contributed by atoms with Gasteiger partial charge in [-0.15, -0.1) is 0 Å². The minimum Gasteiger partial charge on any atom is -0.364 e. The molecule has 0 saturated carbocycles. The molecule has 1 aliphatic heterocycles. The standard InChI is InChI=1S/C12H14FNO3S/c1-9-8-18(16,17)5-4-14(9)12-3-2-10(7-15)6-11(12)13/h2-3,6-7,9H,4-5,8H2,1H3. The highest BCUT2D eigenvalue weighted by Gasteiger charge is 2.29. The normalized spacial score (nSPS) is 22.8. The highest BCUT2D eigenvalue weighted by molar-refractivity contribution is 7.91. The van der Waals surface area contributed by atoms with Gasteiger partial charge in [-0.2, -0.15) is 0 Å². The quantitative estimate of drug-likeness (QED) is 0.760. The number of halogens is 1. The van der Waals surface area contributed by atoms with Crippen LogP contribution in [-0.4, -0.2) is 38.8 Å². The number of carbonyl (C=O) groups excluding carboxylic acids is 1. The molecule has 2 rings (SSSR count). The molecular formula is C12H14FNO3S. The Kier molecular flexibility index (Phi) is 3.38. The van der Waals surface area contributed by atoms with Gasteiger partial charge in [-0.25, -0.2) is 12.8 Å². The smallest absolute Gasteiger partial charge is 0.154 e. The van der Waals surface area contributed by atoms with Crippen LogP contribution in [0.25, 0.3) is 0 Å². The summed E-state index contributed by atoms with van der Waals surface area (Å²) in [6, 6.07) is 3.95. The Morgan fingerprint density at radius 3 is 2.72 bits per heavy atom. The van der Waals surface area contributed by atoms with Crippen LogP contribution < -0.4 is 4.90 Å². The van der Waals surface area contributed by atoms with Crippen LogP contribution >= 0.6 is 0 Å². The SMILES string of the molecule is CC1CS(=O)(=O)CCN1c1ccc(C=O)cc1F. The fourth-order valence-corrected chi connectivity index (χ4v) is 3.74. The zero-order valence-corrected chi connectivity index (χ0v) is 10.8. The van der Waals surface area contributed by atoms with Crippen LogP contribution in [0.4, 0.5) is 10.1 Å². The molecule has 18 heavy (non-hydrogen) atoms. The number of nitrogens with zero attached hydrogens (tertiary/aromatic N) is 1. The van der Waals surface area contributed by atoms with Crippen LogP contribution in [0, 0.1) is 5.82 Å². The summed E-state index contributed by atoms with van der Waals surface area (Å²) in [7, 11) is -3.02. The maximum Gasteiger partial charge on any atom is 0.154 e. The Hall–Kier alpha value is -1.43. The lowest BCUT2D eigenvalue weighted by Gasteiger charge is -2.35. The van der Waals surface area contributed by atoms with Crippen molar-refractivity contribution >= 4 is 21.8 Å². The van der Waals surface area contributed by atoms with Crippen molar-refractivity contribution in [3.8, 4) is 0 Å². The molecule has 6 heteroatoms. The molecule has 0 N–H and O–H groups in total. The van der Waals surface area contributed by atoms with Gasteiger partial charge in [0.15, 0.2) is 9.84 Å². The summed E-state index contributed by atoms with van der Waals surface area (Å²) in [4.78, 5) is 12.3. The maximum atomic E-state index is 13.8. The van der Waals surface area contributed by atoms with Crippen LogP contribution in [-0.2, 0) is 9.84 Å². The van der Waals surface area contributed by atoms with E-state index in [1.165, 1.54) is 12.1 Å². The molecule has 0 radical (unpaired) electrons. The lowest BCUT2D eigenvalue weighted by molar-refractivity contribution is 0.112. The average Bonchev–Trinajstić information content (AvgIpc) is 2.29. The van der Waals surface area contributed by atoms with Crippen molar-refractivity contribution in [2.45, 2.75) is 13.0 Å². The van der Waals surface area contributed by atoms with Gasteiger partial charge < -0.3 is 4.90 Å². The van der Waals surface area contributed by atoms with Crippen molar-refractivity contribution in [2.75, 3.05) is 23.0 Å². The highest BCUT2D eigenvalue weighted by Crippen LogP contribution is 2.25. The number of rotatable bonds is 2. The molecule has 0 spiro atoms. The molecule has 0 aliphatic carbocycles. The second kappa shape index (κ2) is 4.68. The van der Waals surface area contributed by atoms with Crippen molar-refractivity contribution in [1.82, 2.24) is 0 Å². The fourth-order valence-electron chi connectivity index (χ4n) is 2.19. The minimum atomic E-state index is -3.02. The van der Waals surface area contributed by atoms with Crippen molar-refractivity contribution in [2.24, 2.45) is 0 Å². The van der Waals surface area contributed by atoms with E-state index in [2.05, 4.69) is 0 Å². The summed E-state index contributed by atoms with van der Waals surface area (Å²) in [5, 5.41) is 0. The van der Waals surface area contributed by atoms with Crippen LogP contribution in [0.2, 0.25) is 0 Å². The Labute approximate surface area is 105 Å². The first-order valence-corrected chi connectivity index (χ1v) is 7.47. The molecule has 98 valence electrons. The predicted molar refractivity (Wildman–Crippen MR) is 67.2 cm³/mol. The van der Waals surface area contributed by atoms with E-state index in [0.717, 1.165) is 6.07 Å². The van der Waals surface area contributed by atoms with Gasteiger partial charge in [-0.05, 0) is 25.1 Å². The Balaban J connectivity index is 2.30. The number of anilines is 1. The molecule has 1 aliphatic rings. The first-order valence-electron chi connectivity index (χ1n) is 5.65. The number of hydrogen-bond donors (Lipinski definition) is 0. The van der Waals surface area contributed by atoms with E-state index < -0.39 is 15.7 Å². The van der Waals surface area contributed by atoms with E-state index in [0.29, 0.717) is 12.0 Å². The Bertz CT molecular complexity index is 571. The topological polar surface area (TPSA) is 54.5 Å². The highest BCUT2D eigenvalue weighted by atomic mass is 32.2. The first kappa shape index (κ1) is 13.0. The molecule has 4 nitrogen and oxygen atoms in total. The summed E-state index contributed by atoms with van der Waals surface area (Å²) in [5.74, 6) is -0.431. The van der Waals surface area contributed by atoms with E-state index in [4.69, 9.17) is 0 Å². The molecule has 0 amide bonds. The number of aldehydes is 1. The van der Waals surface area contributed by atoms with Gasteiger partial charge in [-0.3, -0.25) is 4.79 Å². The van der Waals surface area contributed by atoms with Gasteiger partial charge in [0.2, 0.25) is 0 Å². The zero-order valence-electron chi connectivity index (χ0n) is 9.97. The molecule has 0 bridgehead atoms. The van der Waals surface area contributed by atoms with Crippen LogP contribution in [0.3, 0.4) is 0 Å². The van der Waals surface area contributed by atoms with Crippen LogP contribution in [0.15, 0.2) is 18.2 Å². The third-order valence-corrected chi connectivity index (χ3v) is 4.88. The molecule has 1 atom stereocenters. The van der Waals surface area contributed by atoms with Gasteiger partial charge in [-0.1, -0.05) is 0 Å². The van der Waals surface area contributed by atoms with Gasteiger partial charge in [0, 0.05) is 18.2 Å². The number of carbonyl (C=O) groups is 1. The summed E-state index contributed by atoms with van der Waals surface area (Å²) < 4.78 is 36.8. The Morgan fingerprint density at radius 1 is 1.44 bits per heavy atom. The third-order valence-electron chi connectivity index (χ3n) is 3.09. The van der Waals surface area contributed by atoms with Crippen LogP contribution in [0.1, 0.15) is 17.3 Å². The second-order valence-corrected chi connectivity index (χ2v) is 6.71. The number of benzene rings is 1. The molecule has 1 unspecified atom stereocenters. The van der Waals surface area contributed by atoms with Gasteiger partial charge >= 0.3 is 0 Å². The van der Waals surface area contributed by atoms with Gasteiger partial charge in [0.05, 0.1) is 17.2 Å². The van der Waals surface area contributed by atoms with E-state index in [-0.39, 0.29) is 29.7 Å². The van der Waals surface area contributed by atoms with Crippen molar-refractivity contribution in [3.05, 3.63) is 29.6 Å². The second-order valence-electron chi connectivity index (χ2n) is 4.49. The predicted octanol–water partition coefficient (Wildman–Crippen LogP) is 1.26. The van der Waals surface area contributed by atoms with Crippen molar-refractivity contribution in [3.63, 3.8) is 0 Å². The van der Waals surface area contributed by atoms with Crippen molar-refractivity contribution in [1.29, 1.82) is 0 Å². The first-order chi connectivity index (χ1) is 8.43. The summed E-state index contributed by atoms with van der Waals surface area (Å²) in [6.07, 6.45) is 0.580. The largest absolute Gasteiger partial charge is 0.364 e. The average molecular weight is 271 g/mol. The number of hydrogen-bond acceptors (Lipinski definition) is 4. The van der Waals surface area contributed by atoms with Gasteiger partial charge in [0.1, 0.15) is 12.1 Å². The summed E-state index contributed by atoms with van der Waals surface area (Å²) in [5.41, 5.74) is 0.622. The van der Waals surface area contributed by atoms with Gasteiger partial charge in [0.25, 0.3) is 0 Å². The monoisotopic (exact) mass is 271 g/mol. The summed E-state index contributed by atoms with van der Waals surface area (Å²) in [6.45, 7) is 2.03.